The largest absolute Gasteiger partial charge is 0.497 e. The third kappa shape index (κ3) is 3.71. The van der Waals surface area contributed by atoms with Gasteiger partial charge in [-0.15, -0.1) is 0 Å². The van der Waals surface area contributed by atoms with Crippen molar-refractivity contribution in [1.29, 1.82) is 0 Å². The van der Waals surface area contributed by atoms with E-state index in [4.69, 9.17) is 4.74 Å². The van der Waals surface area contributed by atoms with Crippen molar-refractivity contribution in [3.8, 4) is 5.75 Å². The lowest BCUT2D eigenvalue weighted by molar-refractivity contribution is 0.0598. The molecule has 6 nitrogen and oxygen atoms in total. The molecule has 2 aromatic rings. The van der Waals surface area contributed by atoms with E-state index in [0.717, 1.165) is 11.3 Å². The first-order chi connectivity index (χ1) is 11.5. The Hall–Kier alpha value is -2.89. The highest BCUT2D eigenvalue weighted by molar-refractivity contribution is 5.94. The molecule has 6 heteroatoms. The highest BCUT2D eigenvalue weighted by Crippen LogP contribution is 2.22. The van der Waals surface area contributed by atoms with E-state index in [9.17, 15) is 9.59 Å². The SMILES string of the molecule is COC(=O)c1ccc(C(=O)N(C)C(C)c2ccc(OC)cc2)nc1. The number of carbonyl (C=O) groups excluding carboxylic acids is 2. The van der Waals surface area contributed by atoms with Gasteiger partial charge in [-0.05, 0) is 36.8 Å². The molecule has 0 fully saturated rings. The van der Waals surface area contributed by atoms with Crippen LogP contribution < -0.4 is 4.74 Å². The van der Waals surface area contributed by atoms with E-state index < -0.39 is 5.97 Å². The van der Waals surface area contributed by atoms with Gasteiger partial charge in [-0.3, -0.25) is 9.78 Å². The summed E-state index contributed by atoms with van der Waals surface area (Å²) in [4.78, 5) is 29.6. The lowest BCUT2D eigenvalue weighted by Gasteiger charge is -2.25. The molecule has 0 saturated carbocycles. The maximum Gasteiger partial charge on any atom is 0.339 e. The van der Waals surface area contributed by atoms with Crippen molar-refractivity contribution < 1.29 is 19.1 Å². The number of nitrogens with zero attached hydrogens (tertiary/aromatic N) is 2. The van der Waals surface area contributed by atoms with Gasteiger partial charge in [-0.25, -0.2) is 4.79 Å². The van der Waals surface area contributed by atoms with Gasteiger partial charge in [0.2, 0.25) is 0 Å². The van der Waals surface area contributed by atoms with Crippen LogP contribution in [0, 0.1) is 0 Å². The molecular formula is C18H20N2O4. The number of aromatic nitrogens is 1. The monoisotopic (exact) mass is 328 g/mol. The molecule has 24 heavy (non-hydrogen) atoms. The maximum absolute atomic E-state index is 12.6. The van der Waals surface area contributed by atoms with Crippen LogP contribution in [0.15, 0.2) is 42.6 Å². The number of benzene rings is 1. The Morgan fingerprint density at radius 1 is 1.08 bits per heavy atom. The number of hydrogen-bond acceptors (Lipinski definition) is 5. The molecule has 1 aromatic carbocycles. The van der Waals surface area contributed by atoms with Gasteiger partial charge >= 0.3 is 5.97 Å². The number of carbonyl (C=O) groups is 2. The highest BCUT2D eigenvalue weighted by atomic mass is 16.5. The first-order valence-corrected chi connectivity index (χ1v) is 7.43. The van der Waals surface area contributed by atoms with Crippen LogP contribution >= 0.6 is 0 Å². The Bertz CT molecular complexity index is 711. The highest BCUT2D eigenvalue weighted by Gasteiger charge is 2.20. The zero-order chi connectivity index (χ0) is 17.7. The molecular weight excluding hydrogens is 308 g/mol. The molecule has 1 heterocycles. The van der Waals surface area contributed by atoms with Gasteiger partial charge in [-0.1, -0.05) is 12.1 Å². The fourth-order valence-electron chi connectivity index (χ4n) is 2.22. The second kappa shape index (κ2) is 7.59. The number of methoxy groups -OCH3 is 2. The van der Waals surface area contributed by atoms with Gasteiger partial charge in [0.25, 0.3) is 5.91 Å². The van der Waals surface area contributed by atoms with Crippen molar-refractivity contribution in [1.82, 2.24) is 9.88 Å². The predicted octanol–water partition coefficient (Wildman–Crippen LogP) is 2.71. The van der Waals surface area contributed by atoms with Gasteiger partial charge in [0.1, 0.15) is 11.4 Å². The molecule has 0 aliphatic carbocycles. The fraction of sp³-hybridized carbons (Fsp3) is 0.278. The van der Waals surface area contributed by atoms with Gasteiger partial charge in [0.05, 0.1) is 25.8 Å². The maximum atomic E-state index is 12.6. The lowest BCUT2D eigenvalue weighted by Crippen LogP contribution is -2.30. The van der Waals surface area contributed by atoms with Crippen LogP contribution in [-0.2, 0) is 4.74 Å². The van der Waals surface area contributed by atoms with E-state index in [1.54, 1.807) is 19.1 Å². The van der Waals surface area contributed by atoms with Crippen molar-refractivity contribution in [2.45, 2.75) is 13.0 Å². The van der Waals surface area contributed by atoms with Crippen molar-refractivity contribution in [3.05, 3.63) is 59.4 Å². The second-order valence-corrected chi connectivity index (χ2v) is 5.29. The summed E-state index contributed by atoms with van der Waals surface area (Å²) in [5.74, 6) is 0.0520. The van der Waals surface area contributed by atoms with Gasteiger partial charge in [0, 0.05) is 13.2 Å². The number of ether oxygens (including phenoxy) is 2. The molecule has 2 rings (SSSR count). The average Bonchev–Trinajstić information content (AvgIpc) is 2.65. The Morgan fingerprint density at radius 3 is 2.25 bits per heavy atom. The van der Waals surface area contributed by atoms with Crippen molar-refractivity contribution in [2.75, 3.05) is 21.3 Å². The third-order valence-corrected chi connectivity index (χ3v) is 3.90. The first-order valence-electron chi connectivity index (χ1n) is 7.43. The number of rotatable bonds is 5. The number of hydrogen-bond donors (Lipinski definition) is 0. The topological polar surface area (TPSA) is 68.7 Å². The van der Waals surface area contributed by atoms with Crippen LogP contribution in [0.25, 0.3) is 0 Å². The number of amides is 1. The van der Waals surface area contributed by atoms with Gasteiger partial charge in [0.15, 0.2) is 0 Å². The van der Waals surface area contributed by atoms with Crippen LogP contribution in [-0.4, -0.2) is 43.0 Å². The molecule has 1 unspecified atom stereocenters. The van der Waals surface area contributed by atoms with E-state index in [0.29, 0.717) is 5.56 Å². The normalized spacial score (nSPS) is 11.5. The van der Waals surface area contributed by atoms with Crippen LogP contribution in [0.5, 0.6) is 5.75 Å². The molecule has 1 atom stereocenters. The van der Waals surface area contributed by atoms with Crippen LogP contribution in [0.4, 0.5) is 0 Å². The van der Waals surface area contributed by atoms with E-state index in [1.807, 2.05) is 31.2 Å². The quantitative estimate of drug-likeness (QED) is 0.789. The molecule has 0 saturated heterocycles. The van der Waals surface area contributed by atoms with Crippen molar-refractivity contribution in [3.63, 3.8) is 0 Å². The zero-order valence-electron chi connectivity index (χ0n) is 14.1. The fourth-order valence-corrected chi connectivity index (χ4v) is 2.22. The van der Waals surface area contributed by atoms with Crippen molar-refractivity contribution >= 4 is 11.9 Å². The molecule has 0 spiro atoms. The minimum atomic E-state index is -0.485. The summed E-state index contributed by atoms with van der Waals surface area (Å²) in [6.45, 7) is 1.93. The number of pyridine rings is 1. The van der Waals surface area contributed by atoms with Gasteiger partial charge < -0.3 is 14.4 Å². The minimum Gasteiger partial charge on any atom is -0.497 e. The smallest absolute Gasteiger partial charge is 0.339 e. The summed E-state index contributed by atoms with van der Waals surface area (Å²) < 4.78 is 9.75. The molecule has 126 valence electrons. The average molecular weight is 328 g/mol. The van der Waals surface area contributed by atoms with Crippen LogP contribution in [0.1, 0.15) is 39.4 Å². The Labute approximate surface area is 141 Å². The summed E-state index contributed by atoms with van der Waals surface area (Å²) in [5, 5.41) is 0. The van der Waals surface area contributed by atoms with E-state index in [2.05, 4.69) is 9.72 Å². The molecule has 0 radical (unpaired) electrons. The second-order valence-electron chi connectivity index (χ2n) is 5.29. The summed E-state index contributed by atoms with van der Waals surface area (Å²) >= 11 is 0. The molecule has 0 aliphatic rings. The third-order valence-electron chi connectivity index (χ3n) is 3.90. The van der Waals surface area contributed by atoms with E-state index >= 15 is 0 Å². The standard InChI is InChI=1S/C18H20N2O4/c1-12(13-5-8-15(23-3)9-6-13)20(2)17(21)16-10-7-14(11-19-16)18(22)24-4/h5-12H,1-4H3. The van der Waals surface area contributed by atoms with Crippen molar-refractivity contribution in [2.24, 2.45) is 0 Å². The van der Waals surface area contributed by atoms with E-state index in [-0.39, 0.29) is 17.6 Å². The molecule has 1 aromatic heterocycles. The minimum absolute atomic E-state index is 0.134. The zero-order valence-corrected chi connectivity index (χ0v) is 14.1. The van der Waals surface area contributed by atoms with Crippen LogP contribution in [0.2, 0.25) is 0 Å². The van der Waals surface area contributed by atoms with Crippen LogP contribution in [0.3, 0.4) is 0 Å². The summed E-state index contributed by atoms with van der Waals surface area (Å²) in [6, 6.07) is 10.5. The Kier molecular flexibility index (Phi) is 5.52. The molecule has 0 N–H and O–H groups in total. The molecule has 1 amide bonds. The van der Waals surface area contributed by atoms with Gasteiger partial charge in [-0.2, -0.15) is 0 Å². The van der Waals surface area contributed by atoms with E-state index in [1.165, 1.54) is 25.4 Å². The number of esters is 1. The lowest BCUT2D eigenvalue weighted by atomic mass is 10.1. The predicted molar refractivity (Wildman–Crippen MR) is 89.1 cm³/mol. The Balaban J connectivity index is 2.14. The summed E-state index contributed by atoms with van der Waals surface area (Å²) in [7, 11) is 4.62. The summed E-state index contributed by atoms with van der Waals surface area (Å²) in [5.41, 5.74) is 1.56. The first kappa shape index (κ1) is 17.5. The molecule has 0 bridgehead atoms. The summed E-state index contributed by atoms with van der Waals surface area (Å²) in [6.07, 6.45) is 1.34. The Morgan fingerprint density at radius 2 is 1.75 bits per heavy atom. The molecule has 0 aliphatic heterocycles.